The van der Waals surface area contributed by atoms with Crippen LogP contribution in [0.4, 0.5) is 11.4 Å². The van der Waals surface area contributed by atoms with Crippen molar-refractivity contribution in [3.63, 3.8) is 0 Å². The lowest BCUT2D eigenvalue weighted by Gasteiger charge is -2.38. The molecule has 1 aromatic heterocycles. The van der Waals surface area contributed by atoms with Crippen LogP contribution in [0.3, 0.4) is 0 Å². The fourth-order valence-electron chi connectivity index (χ4n) is 4.56. The Morgan fingerprint density at radius 3 is 2.38 bits per heavy atom. The molecule has 0 spiro atoms. The summed E-state index contributed by atoms with van der Waals surface area (Å²) in [7, 11) is 0. The summed E-state index contributed by atoms with van der Waals surface area (Å²) >= 11 is 1.32. The van der Waals surface area contributed by atoms with E-state index >= 15 is 0 Å². The van der Waals surface area contributed by atoms with E-state index in [1.807, 2.05) is 35.7 Å². The molecule has 0 aliphatic carbocycles. The molecule has 2 aliphatic heterocycles. The normalized spacial score (nSPS) is 21.1. The van der Waals surface area contributed by atoms with Gasteiger partial charge in [-0.15, -0.1) is 11.3 Å². The molecule has 32 heavy (non-hydrogen) atoms. The van der Waals surface area contributed by atoms with Gasteiger partial charge >= 0.3 is 0 Å². The van der Waals surface area contributed by atoms with E-state index in [4.69, 9.17) is 0 Å². The number of carbonyl (C=O) groups excluding carboxylic acids is 2. The summed E-state index contributed by atoms with van der Waals surface area (Å²) in [6.45, 7) is 3.76. The fraction of sp³-hybridized carbons (Fsp3) is 0.280. The van der Waals surface area contributed by atoms with Gasteiger partial charge in [0.15, 0.2) is 11.4 Å². The second-order valence-electron chi connectivity index (χ2n) is 8.27. The third-order valence-electron chi connectivity index (χ3n) is 6.29. The highest BCUT2D eigenvalue weighted by atomic mass is 32.1. The van der Waals surface area contributed by atoms with Crippen LogP contribution in [0, 0.1) is 0 Å². The topological polar surface area (TPSA) is 64.1 Å². The minimum atomic E-state index is -1.83. The molecule has 164 valence electrons. The van der Waals surface area contributed by atoms with Crippen molar-refractivity contribution in [1.29, 1.82) is 0 Å². The summed E-state index contributed by atoms with van der Waals surface area (Å²) in [5, 5.41) is 13.3. The van der Waals surface area contributed by atoms with Crippen LogP contribution < -0.4 is 9.80 Å². The lowest BCUT2D eigenvalue weighted by Crippen LogP contribution is -2.52. The molecule has 1 unspecified atom stereocenters. The highest BCUT2D eigenvalue weighted by Crippen LogP contribution is 2.43. The first-order valence-corrected chi connectivity index (χ1v) is 11.7. The number of amides is 1. The Bertz CT molecular complexity index is 1110. The lowest BCUT2D eigenvalue weighted by atomic mass is 9.89. The summed E-state index contributed by atoms with van der Waals surface area (Å²) in [6.07, 6.45) is -0.248. The first-order valence-electron chi connectivity index (χ1n) is 10.8. The van der Waals surface area contributed by atoms with Crippen LogP contribution in [-0.2, 0) is 10.4 Å². The molecule has 2 aliphatic rings. The molecule has 0 saturated carbocycles. The van der Waals surface area contributed by atoms with Gasteiger partial charge in [-0.05, 0) is 29.6 Å². The minimum Gasteiger partial charge on any atom is -0.375 e. The summed E-state index contributed by atoms with van der Waals surface area (Å²) in [6, 6.07) is 21.1. The maximum Gasteiger partial charge on any atom is 0.265 e. The number of hydrogen-bond acceptors (Lipinski definition) is 6. The van der Waals surface area contributed by atoms with E-state index in [-0.39, 0.29) is 12.2 Å². The third-order valence-corrected chi connectivity index (χ3v) is 7.20. The van der Waals surface area contributed by atoms with Gasteiger partial charge in [-0.2, -0.15) is 0 Å². The number of nitrogens with zero attached hydrogens (tertiary/aromatic N) is 3. The molecule has 2 aromatic carbocycles. The van der Waals surface area contributed by atoms with Crippen molar-refractivity contribution in [2.45, 2.75) is 12.0 Å². The monoisotopic (exact) mass is 447 g/mol. The van der Waals surface area contributed by atoms with Gasteiger partial charge in [0.1, 0.15) is 0 Å². The largest absolute Gasteiger partial charge is 0.375 e. The van der Waals surface area contributed by atoms with Gasteiger partial charge in [0, 0.05) is 37.4 Å². The fourth-order valence-corrected chi connectivity index (χ4v) is 5.23. The van der Waals surface area contributed by atoms with E-state index in [0.717, 1.165) is 26.2 Å². The number of hydrogen-bond donors (Lipinski definition) is 1. The van der Waals surface area contributed by atoms with Crippen molar-refractivity contribution in [1.82, 2.24) is 4.90 Å². The Kier molecular flexibility index (Phi) is 5.55. The highest BCUT2D eigenvalue weighted by molar-refractivity contribution is 7.12. The van der Waals surface area contributed by atoms with E-state index in [0.29, 0.717) is 22.8 Å². The number of Topliss-reactive ketones (excluding diaryl/α,β-unsaturated/α-hetero) is 1. The van der Waals surface area contributed by atoms with Crippen molar-refractivity contribution >= 4 is 34.4 Å². The molecule has 3 aromatic rings. The number of thiophene rings is 1. The number of ketones is 1. The van der Waals surface area contributed by atoms with Crippen LogP contribution in [0.2, 0.25) is 0 Å². The molecule has 7 heteroatoms. The number of aliphatic hydroxyl groups is 1. The Balaban J connectivity index is 1.32. The zero-order valence-electron chi connectivity index (χ0n) is 17.7. The van der Waals surface area contributed by atoms with E-state index in [2.05, 4.69) is 21.9 Å². The van der Waals surface area contributed by atoms with Gasteiger partial charge in [-0.25, -0.2) is 0 Å². The number of benzene rings is 2. The highest BCUT2D eigenvalue weighted by Gasteiger charge is 2.51. The number of para-hydroxylation sites is 2. The van der Waals surface area contributed by atoms with E-state index in [9.17, 15) is 14.7 Å². The molecule has 3 heterocycles. The molecule has 6 nitrogen and oxygen atoms in total. The van der Waals surface area contributed by atoms with Crippen molar-refractivity contribution in [2.24, 2.45) is 0 Å². The maximum absolute atomic E-state index is 13.4. The Morgan fingerprint density at radius 1 is 0.938 bits per heavy atom. The molecule has 1 N–H and O–H groups in total. The van der Waals surface area contributed by atoms with E-state index in [1.54, 1.807) is 29.2 Å². The molecular formula is C25H25N3O3S. The Labute approximate surface area is 191 Å². The maximum atomic E-state index is 13.4. The molecule has 1 amide bonds. The van der Waals surface area contributed by atoms with Crippen LogP contribution in [0.15, 0.2) is 72.1 Å². The van der Waals surface area contributed by atoms with Crippen LogP contribution >= 0.6 is 11.3 Å². The summed E-state index contributed by atoms with van der Waals surface area (Å²) in [5.74, 6) is -0.641. The number of piperazine rings is 1. The third kappa shape index (κ3) is 3.72. The Hall–Kier alpha value is -3.00. The van der Waals surface area contributed by atoms with Crippen LogP contribution in [-0.4, -0.2) is 54.5 Å². The second-order valence-corrected chi connectivity index (χ2v) is 9.22. The average molecular weight is 448 g/mol. The quantitative estimate of drug-likeness (QED) is 0.588. The van der Waals surface area contributed by atoms with Crippen molar-refractivity contribution in [2.75, 3.05) is 42.6 Å². The van der Waals surface area contributed by atoms with Crippen molar-refractivity contribution < 1.29 is 14.7 Å². The van der Waals surface area contributed by atoms with Crippen LogP contribution in [0.5, 0.6) is 0 Å². The van der Waals surface area contributed by atoms with Gasteiger partial charge in [0.2, 0.25) is 0 Å². The standard InChI is InChI=1S/C25H25N3O3S/c29-22(23-11-6-16-32-23)17-25(31)20-9-4-5-10-21(20)28(24(25)30)18-26-12-14-27(15-13-26)19-7-2-1-3-8-19/h1-11,16,31H,12-15,17-18H2. The predicted octanol–water partition coefficient (Wildman–Crippen LogP) is 3.34. The molecule has 1 saturated heterocycles. The molecule has 0 bridgehead atoms. The SMILES string of the molecule is O=C(CC1(O)C(=O)N(CN2CCN(c3ccccc3)CC2)c2ccccc21)c1cccs1. The number of carbonyl (C=O) groups is 2. The minimum absolute atomic E-state index is 0.219. The average Bonchev–Trinajstić information content (AvgIpc) is 3.44. The molecule has 5 rings (SSSR count). The zero-order chi connectivity index (χ0) is 22.1. The van der Waals surface area contributed by atoms with Gasteiger partial charge in [0.05, 0.1) is 23.7 Å². The van der Waals surface area contributed by atoms with Crippen LogP contribution in [0.25, 0.3) is 0 Å². The summed E-state index contributed by atoms with van der Waals surface area (Å²) in [4.78, 5) is 32.9. The first-order chi connectivity index (χ1) is 15.6. The van der Waals surface area contributed by atoms with Gasteiger partial charge in [0.25, 0.3) is 5.91 Å². The predicted molar refractivity (Wildman–Crippen MR) is 126 cm³/mol. The first kappa shape index (κ1) is 20.9. The van der Waals surface area contributed by atoms with Crippen LogP contribution in [0.1, 0.15) is 21.7 Å². The zero-order valence-corrected chi connectivity index (χ0v) is 18.5. The molecule has 1 atom stereocenters. The summed E-state index contributed by atoms with van der Waals surface area (Å²) in [5.41, 5.74) is 0.572. The molecular weight excluding hydrogens is 422 g/mol. The molecule has 0 radical (unpaired) electrons. The lowest BCUT2D eigenvalue weighted by molar-refractivity contribution is -0.136. The number of anilines is 2. The number of fused-ring (bicyclic) bond motifs is 1. The van der Waals surface area contributed by atoms with Gasteiger partial charge in [-0.3, -0.25) is 19.4 Å². The van der Waals surface area contributed by atoms with Crippen molar-refractivity contribution in [3.05, 3.63) is 82.6 Å². The van der Waals surface area contributed by atoms with E-state index < -0.39 is 11.5 Å². The van der Waals surface area contributed by atoms with Crippen molar-refractivity contribution in [3.8, 4) is 0 Å². The number of rotatable bonds is 6. The Morgan fingerprint density at radius 2 is 1.66 bits per heavy atom. The van der Waals surface area contributed by atoms with E-state index in [1.165, 1.54) is 17.0 Å². The van der Waals surface area contributed by atoms with Gasteiger partial charge < -0.3 is 10.0 Å². The van der Waals surface area contributed by atoms with Gasteiger partial charge in [-0.1, -0.05) is 42.5 Å². The smallest absolute Gasteiger partial charge is 0.265 e. The molecule has 1 fully saturated rings. The second kappa shape index (κ2) is 8.50. The summed E-state index contributed by atoms with van der Waals surface area (Å²) < 4.78 is 0.